The number of carbonyl (C=O) groups excluding carboxylic acids is 2. The van der Waals surface area contributed by atoms with Crippen molar-refractivity contribution in [1.82, 2.24) is 5.32 Å². The predicted molar refractivity (Wildman–Crippen MR) is 131 cm³/mol. The average Bonchev–Trinajstić information content (AvgIpc) is 2.79. The van der Waals surface area contributed by atoms with E-state index in [1.165, 1.54) is 0 Å². The first kappa shape index (κ1) is 23.0. The highest BCUT2D eigenvalue weighted by Crippen LogP contribution is 2.19. The second-order valence-electron chi connectivity index (χ2n) is 7.15. The van der Waals surface area contributed by atoms with Crippen LogP contribution in [0.4, 0.5) is 11.4 Å². The molecule has 0 spiro atoms. The molecule has 0 unspecified atom stereocenters. The third-order valence-corrected chi connectivity index (χ3v) is 4.71. The summed E-state index contributed by atoms with van der Waals surface area (Å²) in [6.45, 7) is 4.47. The molecule has 0 bridgehead atoms. The van der Waals surface area contributed by atoms with E-state index < -0.39 is 0 Å². The first-order chi connectivity index (χ1) is 15.5. The normalized spacial score (nSPS) is 10.2. The third-order valence-electron chi connectivity index (χ3n) is 4.50. The number of benzene rings is 3. The summed E-state index contributed by atoms with van der Waals surface area (Å²) in [4.78, 5) is 25.0. The lowest BCUT2D eigenvalue weighted by molar-refractivity contribution is 0.0972. The van der Waals surface area contributed by atoms with Crippen molar-refractivity contribution in [3.05, 3.63) is 89.5 Å². The molecule has 0 aliphatic rings. The van der Waals surface area contributed by atoms with Crippen molar-refractivity contribution in [2.24, 2.45) is 0 Å². The van der Waals surface area contributed by atoms with Crippen molar-refractivity contribution in [3.8, 4) is 5.75 Å². The van der Waals surface area contributed by atoms with Crippen molar-refractivity contribution >= 4 is 40.5 Å². The highest BCUT2D eigenvalue weighted by atomic mass is 32.1. The van der Waals surface area contributed by atoms with Crippen LogP contribution in [0.3, 0.4) is 0 Å². The van der Waals surface area contributed by atoms with Gasteiger partial charge in [-0.25, -0.2) is 0 Å². The van der Waals surface area contributed by atoms with Crippen LogP contribution in [0.1, 0.15) is 39.6 Å². The monoisotopic (exact) mass is 447 g/mol. The lowest BCUT2D eigenvalue weighted by atomic mass is 10.1. The zero-order valence-corrected chi connectivity index (χ0v) is 18.8. The Morgan fingerprint density at radius 3 is 2.25 bits per heavy atom. The van der Waals surface area contributed by atoms with Crippen LogP contribution in [0.5, 0.6) is 5.75 Å². The molecule has 0 saturated carbocycles. The summed E-state index contributed by atoms with van der Waals surface area (Å²) in [5.74, 6) is -0.0132. The Bertz CT molecular complexity index is 1110. The zero-order chi connectivity index (χ0) is 22.9. The molecule has 3 aromatic carbocycles. The van der Waals surface area contributed by atoms with E-state index >= 15 is 0 Å². The Morgan fingerprint density at radius 2 is 1.56 bits per heavy atom. The summed E-state index contributed by atoms with van der Waals surface area (Å²) in [7, 11) is 0. The average molecular weight is 448 g/mol. The van der Waals surface area contributed by atoms with Crippen LogP contribution in [0.25, 0.3) is 0 Å². The number of aryl methyl sites for hydroxylation is 1. The summed E-state index contributed by atoms with van der Waals surface area (Å²) < 4.78 is 5.63. The fourth-order valence-electron chi connectivity index (χ4n) is 2.95. The Hall–Kier alpha value is -3.71. The molecule has 0 aromatic heterocycles. The van der Waals surface area contributed by atoms with Crippen molar-refractivity contribution < 1.29 is 14.3 Å². The summed E-state index contributed by atoms with van der Waals surface area (Å²) in [6.07, 6.45) is 0.845. The fourth-order valence-corrected chi connectivity index (χ4v) is 3.16. The van der Waals surface area contributed by atoms with Gasteiger partial charge in [-0.3, -0.25) is 14.9 Å². The number of hydrogen-bond acceptors (Lipinski definition) is 4. The number of carbonyl (C=O) groups is 2. The highest BCUT2D eigenvalue weighted by molar-refractivity contribution is 7.80. The van der Waals surface area contributed by atoms with Gasteiger partial charge in [0, 0.05) is 16.9 Å². The van der Waals surface area contributed by atoms with Crippen molar-refractivity contribution in [3.63, 3.8) is 0 Å². The topological polar surface area (TPSA) is 79.5 Å². The maximum absolute atomic E-state index is 12.6. The van der Waals surface area contributed by atoms with Crippen LogP contribution < -0.4 is 20.7 Å². The molecule has 0 atom stereocenters. The minimum atomic E-state index is -0.351. The summed E-state index contributed by atoms with van der Waals surface area (Å²) >= 11 is 5.27. The smallest absolute Gasteiger partial charge is 0.261 e. The number of nitrogens with one attached hydrogen (secondary N) is 3. The van der Waals surface area contributed by atoms with Gasteiger partial charge in [0.05, 0.1) is 12.2 Å². The van der Waals surface area contributed by atoms with Crippen molar-refractivity contribution in [2.75, 3.05) is 17.2 Å². The molecule has 0 fully saturated rings. The maximum atomic E-state index is 12.6. The number of amides is 2. The van der Waals surface area contributed by atoms with E-state index in [0.717, 1.165) is 12.0 Å². The predicted octanol–water partition coefficient (Wildman–Crippen LogP) is 5.16. The molecule has 164 valence electrons. The Kier molecular flexibility index (Phi) is 7.94. The van der Waals surface area contributed by atoms with Gasteiger partial charge in [-0.1, -0.05) is 36.8 Å². The zero-order valence-electron chi connectivity index (χ0n) is 18.0. The van der Waals surface area contributed by atoms with Gasteiger partial charge in [-0.2, -0.15) is 0 Å². The van der Waals surface area contributed by atoms with E-state index in [2.05, 4.69) is 16.0 Å². The standard InChI is InChI=1S/C25H25N3O3S/c1-3-15-31-22-10-5-4-9-21(22)24(30)28-25(32)27-20-13-11-19(12-14-20)26-23(29)18-8-6-7-17(2)16-18/h4-14,16H,3,15H2,1-2H3,(H,26,29)(H2,27,28,30,32). The lowest BCUT2D eigenvalue weighted by Crippen LogP contribution is -2.34. The van der Waals surface area contributed by atoms with Crippen LogP contribution in [-0.4, -0.2) is 23.5 Å². The highest BCUT2D eigenvalue weighted by Gasteiger charge is 2.13. The quantitative estimate of drug-likeness (QED) is 0.436. The van der Waals surface area contributed by atoms with Crippen LogP contribution >= 0.6 is 12.2 Å². The molecule has 3 aromatic rings. The van der Waals surface area contributed by atoms with E-state index in [9.17, 15) is 9.59 Å². The molecule has 2 amide bonds. The Balaban J connectivity index is 1.57. The number of anilines is 2. The van der Waals surface area contributed by atoms with E-state index in [4.69, 9.17) is 17.0 Å². The fraction of sp³-hybridized carbons (Fsp3) is 0.160. The molecule has 0 heterocycles. The van der Waals surface area contributed by atoms with Gasteiger partial charge in [-0.15, -0.1) is 0 Å². The second-order valence-corrected chi connectivity index (χ2v) is 7.56. The Morgan fingerprint density at radius 1 is 0.875 bits per heavy atom. The number of rotatable bonds is 7. The van der Waals surface area contributed by atoms with Gasteiger partial charge >= 0.3 is 0 Å². The molecule has 0 saturated heterocycles. The lowest BCUT2D eigenvalue weighted by Gasteiger charge is -2.13. The molecule has 3 N–H and O–H groups in total. The molecule has 3 rings (SSSR count). The van der Waals surface area contributed by atoms with Crippen LogP contribution in [0.15, 0.2) is 72.8 Å². The number of ether oxygens (including phenoxy) is 1. The van der Waals surface area contributed by atoms with Crippen molar-refractivity contribution in [2.45, 2.75) is 20.3 Å². The van der Waals surface area contributed by atoms with Gasteiger partial charge in [0.2, 0.25) is 0 Å². The van der Waals surface area contributed by atoms with Gasteiger partial charge in [0.15, 0.2) is 5.11 Å². The first-order valence-corrected chi connectivity index (χ1v) is 10.7. The van der Waals surface area contributed by atoms with Gasteiger partial charge in [0.25, 0.3) is 11.8 Å². The van der Waals surface area contributed by atoms with E-state index in [0.29, 0.717) is 34.9 Å². The van der Waals surface area contributed by atoms with E-state index in [-0.39, 0.29) is 16.9 Å². The molecule has 0 aliphatic heterocycles. The Labute approximate surface area is 193 Å². The van der Waals surface area contributed by atoms with Crippen LogP contribution in [-0.2, 0) is 0 Å². The summed E-state index contributed by atoms with van der Waals surface area (Å²) in [6, 6.07) is 21.5. The number of hydrogen-bond donors (Lipinski definition) is 3. The summed E-state index contributed by atoms with van der Waals surface area (Å²) in [5, 5.41) is 8.66. The number of thiocarbonyl (C=S) groups is 1. The molecular weight excluding hydrogens is 422 g/mol. The SMILES string of the molecule is CCCOc1ccccc1C(=O)NC(=S)Nc1ccc(NC(=O)c2cccc(C)c2)cc1. The van der Waals surface area contributed by atoms with E-state index in [1.807, 2.05) is 38.1 Å². The largest absolute Gasteiger partial charge is 0.493 e. The van der Waals surface area contributed by atoms with Gasteiger partial charge in [0.1, 0.15) is 5.75 Å². The minimum absolute atomic E-state index is 0.164. The third kappa shape index (κ3) is 6.39. The first-order valence-electron chi connectivity index (χ1n) is 10.3. The molecule has 0 aliphatic carbocycles. The van der Waals surface area contributed by atoms with Gasteiger partial charge < -0.3 is 15.4 Å². The van der Waals surface area contributed by atoms with Gasteiger partial charge in [-0.05, 0) is 74.1 Å². The van der Waals surface area contributed by atoms with Crippen LogP contribution in [0, 0.1) is 6.92 Å². The summed E-state index contributed by atoms with van der Waals surface area (Å²) in [5.41, 5.74) is 3.37. The van der Waals surface area contributed by atoms with Crippen LogP contribution in [0.2, 0.25) is 0 Å². The second kappa shape index (κ2) is 11.1. The molecule has 0 radical (unpaired) electrons. The number of para-hydroxylation sites is 1. The van der Waals surface area contributed by atoms with Crippen molar-refractivity contribution in [1.29, 1.82) is 0 Å². The molecular formula is C25H25N3O3S. The molecule has 6 nitrogen and oxygen atoms in total. The van der Waals surface area contributed by atoms with E-state index in [1.54, 1.807) is 48.5 Å². The maximum Gasteiger partial charge on any atom is 0.261 e. The molecule has 32 heavy (non-hydrogen) atoms. The minimum Gasteiger partial charge on any atom is -0.493 e. The molecule has 7 heteroatoms.